The molecule has 3 N–H and O–H groups in total. The molecule has 0 amide bonds. The van der Waals surface area contributed by atoms with Gasteiger partial charge in [0.25, 0.3) is 0 Å². The SMILES string of the molecule is Cc1cccc(C)c1C(NN)c1cccc2c1OCCC2. The van der Waals surface area contributed by atoms with Crippen molar-refractivity contribution in [1.82, 2.24) is 5.43 Å². The van der Waals surface area contributed by atoms with E-state index in [1.54, 1.807) is 0 Å². The van der Waals surface area contributed by atoms with Crippen LogP contribution in [0.25, 0.3) is 0 Å². The number of hydrogen-bond donors (Lipinski definition) is 2. The molecule has 1 atom stereocenters. The summed E-state index contributed by atoms with van der Waals surface area (Å²) >= 11 is 0. The van der Waals surface area contributed by atoms with Crippen LogP contribution in [0.1, 0.15) is 40.3 Å². The van der Waals surface area contributed by atoms with Crippen LogP contribution >= 0.6 is 0 Å². The second kappa shape index (κ2) is 5.88. The van der Waals surface area contributed by atoms with Crippen LogP contribution in [0.15, 0.2) is 36.4 Å². The molecule has 3 nitrogen and oxygen atoms in total. The number of hydrogen-bond acceptors (Lipinski definition) is 3. The third-order valence-electron chi connectivity index (χ3n) is 4.27. The molecule has 21 heavy (non-hydrogen) atoms. The largest absolute Gasteiger partial charge is 0.493 e. The number of hydrazine groups is 1. The van der Waals surface area contributed by atoms with Crippen LogP contribution in [0.4, 0.5) is 0 Å². The smallest absolute Gasteiger partial charge is 0.127 e. The van der Waals surface area contributed by atoms with Gasteiger partial charge in [-0.05, 0) is 48.9 Å². The molecule has 2 aromatic carbocycles. The van der Waals surface area contributed by atoms with Gasteiger partial charge in [0.2, 0.25) is 0 Å². The number of rotatable bonds is 3. The third-order valence-corrected chi connectivity index (χ3v) is 4.27. The second-order valence-electron chi connectivity index (χ2n) is 5.69. The summed E-state index contributed by atoms with van der Waals surface area (Å²) < 4.78 is 5.94. The first kappa shape index (κ1) is 14.1. The maximum absolute atomic E-state index is 5.94. The molecule has 1 aliphatic rings. The number of benzene rings is 2. The van der Waals surface area contributed by atoms with Crippen LogP contribution in [0.5, 0.6) is 5.75 Å². The molecule has 0 aliphatic carbocycles. The molecule has 3 heteroatoms. The summed E-state index contributed by atoms with van der Waals surface area (Å²) in [6.07, 6.45) is 2.16. The Kier molecular flexibility index (Phi) is 3.95. The summed E-state index contributed by atoms with van der Waals surface area (Å²) in [6.45, 7) is 5.04. The van der Waals surface area contributed by atoms with Crippen molar-refractivity contribution in [3.8, 4) is 5.75 Å². The van der Waals surface area contributed by atoms with Gasteiger partial charge in [0.15, 0.2) is 0 Å². The number of aryl methyl sites for hydroxylation is 3. The summed E-state index contributed by atoms with van der Waals surface area (Å²) in [5.74, 6) is 6.91. The highest BCUT2D eigenvalue weighted by atomic mass is 16.5. The number of fused-ring (bicyclic) bond motifs is 1. The molecule has 0 spiro atoms. The van der Waals surface area contributed by atoms with Crippen LogP contribution in [-0.2, 0) is 6.42 Å². The lowest BCUT2D eigenvalue weighted by atomic mass is 9.89. The van der Waals surface area contributed by atoms with E-state index in [2.05, 4.69) is 55.7 Å². The molecule has 0 radical (unpaired) electrons. The predicted octanol–water partition coefficient (Wildman–Crippen LogP) is 3.18. The van der Waals surface area contributed by atoms with E-state index in [1.165, 1.54) is 22.3 Å². The van der Waals surface area contributed by atoms with E-state index in [4.69, 9.17) is 10.6 Å². The standard InChI is InChI=1S/C18H22N2O/c1-12-6-3-7-13(2)16(12)17(20-19)15-10-4-8-14-9-5-11-21-18(14)15/h3-4,6-8,10,17,20H,5,9,11,19H2,1-2H3. The van der Waals surface area contributed by atoms with Gasteiger partial charge in [-0.15, -0.1) is 0 Å². The topological polar surface area (TPSA) is 47.3 Å². The van der Waals surface area contributed by atoms with E-state index in [0.717, 1.165) is 30.8 Å². The summed E-state index contributed by atoms with van der Waals surface area (Å²) in [6, 6.07) is 12.7. The molecular formula is C18H22N2O. The fourth-order valence-corrected chi connectivity index (χ4v) is 3.25. The van der Waals surface area contributed by atoms with E-state index in [9.17, 15) is 0 Å². The van der Waals surface area contributed by atoms with Crippen LogP contribution in [0, 0.1) is 13.8 Å². The van der Waals surface area contributed by atoms with Crippen LogP contribution in [0.2, 0.25) is 0 Å². The maximum Gasteiger partial charge on any atom is 0.127 e. The fourth-order valence-electron chi connectivity index (χ4n) is 3.25. The number of ether oxygens (including phenoxy) is 1. The maximum atomic E-state index is 5.94. The monoisotopic (exact) mass is 282 g/mol. The van der Waals surface area contributed by atoms with E-state index in [1.807, 2.05) is 0 Å². The lowest BCUT2D eigenvalue weighted by Gasteiger charge is -2.27. The van der Waals surface area contributed by atoms with Crippen LogP contribution in [0.3, 0.4) is 0 Å². The molecule has 2 aromatic rings. The molecule has 0 saturated heterocycles. The lowest BCUT2D eigenvalue weighted by molar-refractivity contribution is 0.283. The summed E-state index contributed by atoms with van der Waals surface area (Å²) in [5.41, 5.74) is 9.12. The Morgan fingerprint density at radius 1 is 1.10 bits per heavy atom. The van der Waals surface area contributed by atoms with E-state index < -0.39 is 0 Å². The third kappa shape index (κ3) is 2.55. The lowest BCUT2D eigenvalue weighted by Crippen LogP contribution is -2.31. The minimum absolute atomic E-state index is 0.0424. The molecule has 0 bridgehead atoms. The average Bonchev–Trinajstić information content (AvgIpc) is 2.51. The highest BCUT2D eigenvalue weighted by molar-refractivity contribution is 5.50. The van der Waals surface area contributed by atoms with Gasteiger partial charge >= 0.3 is 0 Å². The quantitative estimate of drug-likeness (QED) is 0.671. The van der Waals surface area contributed by atoms with E-state index in [0.29, 0.717) is 0 Å². The Bertz CT molecular complexity index is 631. The molecule has 3 rings (SSSR count). The van der Waals surface area contributed by atoms with Crippen LogP contribution in [-0.4, -0.2) is 6.61 Å². The molecule has 1 heterocycles. The number of nitrogens with two attached hydrogens (primary N) is 1. The zero-order chi connectivity index (χ0) is 14.8. The summed E-state index contributed by atoms with van der Waals surface area (Å²) in [7, 11) is 0. The molecule has 0 fully saturated rings. The first-order valence-corrected chi connectivity index (χ1v) is 7.49. The van der Waals surface area contributed by atoms with E-state index in [-0.39, 0.29) is 6.04 Å². The van der Waals surface area contributed by atoms with Crippen LogP contribution < -0.4 is 16.0 Å². The normalized spacial score (nSPS) is 15.2. The number of para-hydroxylation sites is 1. The minimum Gasteiger partial charge on any atom is -0.493 e. The zero-order valence-electron chi connectivity index (χ0n) is 12.6. The van der Waals surface area contributed by atoms with Gasteiger partial charge < -0.3 is 4.74 Å². The van der Waals surface area contributed by atoms with Crippen molar-refractivity contribution >= 4 is 0 Å². The molecular weight excluding hydrogens is 260 g/mol. The Labute approximate surface area is 126 Å². The van der Waals surface area contributed by atoms with Gasteiger partial charge in [0.1, 0.15) is 5.75 Å². The van der Waals surface area contributed by atoms with Gasteiger partial charge in [-0.25, -0.2) is 5.43 Å². The highest BCUT2D eigenvalue weighted by Crippen LogP contribution is 2.37. The Morgan fingerprint density at radius 3 is 2.52 bits per heavy atom. The van der Waals surface area contributed by atoms with Gasteiger partial charge in [0, 0.05) is 5.56 Å². The van der Waals surface area contributed by atoms with Crippen molar-refractivity contribution in [1.29, 1.82) is 0 Å². The Hall–Kier alpha value is -1.84. The molecule has 110 valence electrons. The Balaban J connectivity index is 2.13. The van der Waals surface area contributed by atoms with Gasteiger partial charge in [0.05, 0.1) is 12.6 Å². The molecule has 0 aromatic heterocycles. The van der Waals surface area contributed by atoms with Crippen molar-refractivity contribution in [2.24, 2.45) is 5.84 Å². The minimum atomic E-state index is -0.0424. The highest BCUT2D eigenvalue weighted by Gasteiger charge is 2.23. The zero-order valence-corrected chi connectivity index (χ0v) is 12.6. The molecule has 0 saturated carbocycles. The van der Waals surface area contributed by atoms with Crippen molar-refractivity contribution < 1.29 is 4.74 Å². The van der Waals surface area contributed by atoms with Gasteiger partial charge in [-0.1, -0.05) is 36.4 Å². The molecule has 1 aliphatic heterocycles. The van der Waals surface area contributed by atoms with Crippen molar-refractivity contribution in [3.63, 3.8) is 0 Å². The average molecular weight is 282 g/mol. The molecule has 1 unspecified atom stereocenters. The first-order chi connectivity index (χ1) is 10.2. The predicted molar refractivity (Wildman–Crippen MR) is 85.3 cm³/mol. The van der Waals surface area contributed by atoms with E-state index >= 15 is 0 Å². The first-order valence-electron chi connectivity index (χ1n) is 7.49. The fraction of sp³-hybridized carbons (Fsp3) is 0.333. The van der Waals surface area contributed by atoms with Crippen molar-refractivity contribution in [3.05, 3.63) is 64.2 Å². The van der Waals surface area contributed by atoms with Gasteiger partial charge in [-0.2, -0.15) is 0 Å². The second-order valence-corrected chi connectivity index (χ2v) is 5.69. The Morgan fingerprint density at radius 2 is 1.81 bits per heavy atom. The summed E-state index contributed by atoms with van der Waals surface area (Å²) in [4.78, 5) is 0. The van der Waals surface area contributed by atoms with Crippen molar-refractivity contribution in [2.45, 2.75) is 32.7 Å². The number of nitrogens with one attached hydrogen (secondary N) is 1. The van der Waals surface area contributed by atoms with Gasteiger partial charge in [-0.3, -0.25) is 5.84 Å². The van der Waals surface area contributed by atoms with Crippen molar-refractivity contribution in [2.75, 3.05) is 6.61 Å². The summed E-state index contributed by atoms with van der Waals surface area (Å²) in [5, 5.41) is 0.